The van der Waals surface area contributed by atoms with Gasteiger partial charge in [-0.2, -0.15) is 0 Å². The Bertz CT molecular complexity index is 1030. The number of hydrogen-bond donors (Lipinski definition) is 0. The van der Waals surface area contributed by atoms with Gasteiger partial charge in [0.15, 0.2) is 5.78 Å². The summed E-state index contributed by atoms with van der Waals surface area (Å²) in [6.45, 7) is 3.89. The number of pyridine rings is 1. The molecule has 6 heteroatoms. The van der Waals surface area contributed by atoms with Crippen molar-refractivity contribution in [1.29, 1.82) is 0 Å². The summed E-state index contributed by atoms with van der Waals surface area (Å²) in [4.78, 5) is 35.1. The van der Waals surface area contributed by atoms with E-state index in [1.807, 2.05) is 43.3 Å². The van der Waals surface area contributed by atoms with Gasteiger partial charge in [0, 0.05) is 46.7 Å². The van der Waals surface area contributed by atoms with Crippen LogP contribution in [-0.4, -0.2) is 29.1 Å². The van der Waals surface area contributed by atoms with Gasteiger partial charge in [0.2, 0.25) is 0 Å². The molecule has 0 spiro atoms. The van der Waals surface area contributed by atoms with Gasteiger partial charge in [-0.1, -0.05) is 29.8 Å². The van der Waals surface area contributed by atoms with Crippen LogP contribution in [0.5, 0.6) is 0 Å². The summed E-state index contributed by atoms with van der Waals surface area (Å²) in [5.41, 5.74) is 3.95. The number of halogens is 1. The fourth-order valence-electron chi connectivity index (χ4n) is 4.49. The molecule has 1 aliphatic carbocycles. The van der Waals surface area contributed by atoms with Crippen LogP contribution in [-0.2, 0) is 14.3 Å². The Kier molecular flexibility index (Phi) is 5.82. The Hall–Kier alpha value is -2.79. The average Bonchev–Trinajstić information content (AvgIpc) is 2.74. The lowest BCUT2D eigenvalue weighted by molar-refractivity contribution is -0.146. The molecule has 1 aromatic heterocycles. The van der Waals surface area contributed by atoms with Crippen molar-refractivity contribution >= 4 is 29.1 Å². The third-order valence-electron chi connectivity index (χ3n) is 5.81. The maximum Gasteiger partial charge on any atom is 0.315 e. The van der Waals surface area contributed by atoms with E-state index in [0.717, 1.165) is 16.8 Å². The van der Waals surface area contributed by atoms with E-state index in [1.54, 1.807) is 19.3 Å². The molecule has 2 aliphatic rings. The number of Topliss-reactive ketones (excluding diaryl/α,β-unsaturated/α-hetero) is 1. The van der Waals surface area contributed by atoms with Crippen molar-refractivity contribution in [3.8, 4) is 0 Å². The molecular weight excluding hydrogens is 400 g/mol. The average molecular weight is 423 g/mol. The van der Waals surface area contributed by atoms with Crippen LogP contribution in [0.15, 0.2) is 65.1 Å². The van der Waals surface area contributed by atoms with Crippen molar-refractivity contribution in [2.75, 3.05) is 6.61 Å². The highest BCUT2D eigenvalue weighted by molar-refractivity contribution is 6.30. The highest BCUT2D eigenvalue weighted by atomic mass is 35.5. The first-order valence-electron chi connectivity index (χ1n) is 10.1. The second-order valence-electron chi connectivity index (χ2n) is 7.69. The molecule has 2 aromatic rings. The maximum absolute atomic E-state index is 13.4. The summed E-state index contributed by atoms with van der Waals surface area (Å²) in [5.74, 6) is -1.34. The molecule has 154 valence electrons. The highest BCUT2D eigenvalue weighted by Crippen LogP contribution is 2.46. The zero-order chi connectivity index (χ0) is 21.3. The van der Waals surface area contributed by atoms with E-state index < -0.39 is 11.8 Å². The third kappa shape index (κ3) is 3.82. The highest BCUT2D eigenvalue weighted by Gasteiger charge is 2.44. The number of aliphatic imine (C=N–C) groups is 1. The summed E-state index contributed by atoms with van der Waals surface area (Å²) in [6, 6.07) is 11.3. The molecule has 0 radical (unpaired) electrons. The van der Waals surface area contributed by atoms with E-state index in [4.69, 9.17) is 21.3 Å². The van der Waals surface area contributed by atoms with Crippen LogP contribution in [0.1, 0.15) is 49.7 Å². The van der Waals surface area contributed by atoms with Crippen LogP contribution in [0.2, 0.25) is 5.02 Å². The van der Waals surface area contributed by atoms with Gasteiger partial charge in [-0.25, -0.2) is 0 Å². The van der Waals surface area contributed by atoms with E-state index in [-0.39, 0.29) is 24.3 Å². The predicted octanol–water partition coefficient (Wildman–Crippen LogP) is 4.87. The molecule has 0 amide bonds. The molecule has 1 aliphatic heterocycles. The third-order valence-corrected chi connectivity index (χ3v) is 6.07. The Labute approximate surface area is 180 Å². The topological polar surface area (TPSA) is 68.6 Å². The van der Waals surface area contributed by atoms with Gasteiger partial charge in [-0.15, -0.1) is 0 Å². The summed E-state index contributed by atoms with van der Waals surface area (Å²) in [6.07, 6.45) is 4.42. The quantitative estimate of drug-likeness (QED) is 0.659. The van der Waals surface area contributed by atoms with E-state index in [2.05, 4.69) is 4.98 Å². The first-order valence-corrected chi connectivity index (χ1v) is 10.5. The number of nitrogens with zero attached hydrogens (tertiary/aromatic N) is 2. The minimum Gasteiger partial charge on any atom is -0.465 e. The molecule has 4 rings (SSSR count). The molecule has 2 heterocycles. The van der Waals surface area contributed by atoms with Gasteiger partial charge in [-0.05, 0) is 55.5 Å². The van der Waals surface area contributed by atoms with Crippen molar-refractivity contribution in [2.24, 2.45) is 10.9 Å². The molecule has 1 unspecified atom stereocenters. The molecule has 30 heavy (non-hydrogen) atoms. The van der Waals surface area contributed by atoms with Crippen molar-refractivity contribution < 1.29 is 14.3 Å². The van der Waals surface area contributed by atoms with E-state index in [9.17, 15) is 9.59 Å². The van der Waals surface area contributed by atoms with Gasteiger partial charge in [-0.3, -0.25) is 19.6 Å². The molecule has 0 bridgehead atoms. The van der Waals surface area contributed by atoms with E-state index in [1.165, 1.54) is 0 Å². The van der Waals surface area contributed by atoms with Crippen LogP contribution >= 0.6 is 11.6 Å². The van der Waals surface area contributed by atoms with Crippen molar-refractivity contribution in [1.82, 2.24) is 4.98 Å². The number of benzene rings is 1. The predicted molar refractivity (Wildman–Crippen MR) is 116 cm³/mol. The van der Waals surface area contributed by atoms with Gasteiger partial charge in [0.05, 0.1) is 6.61 Å². The molecule has 0 N–H and O–H groups in total. The van der Waals surface area contributed by atoms with Crippen LogP contribution in [0.25, 0.3) is 0 Å². The normalized spacial score (nSPS) is 23.6. The van der Waals surface area contributed by atoms with E-state index >= 15 is 0 Å². The number of allylic oxidation sites excluding steroid dienone is 2. The fourth-order valence-corrected chi connectivity index (χ4v) is 4.61. The Balaban J connectivity index is 1.78. The monoisotopic (exact) mass is 422 g/mol. The lowest BCUT2D eigenvalue weighted by Gasteiger charge is -2.36. The second-order valence-corrected chi connectivity index (χ2v) is 8.12. The minimum absolute atomic E-state index is 0.0237. The van der Waals surface area contributed by atoms with Gasteiger partial charge >= 0.3 is 5.97 Å². The summed E-state index contributed by atoms with van der Waals surface area (Å²) in [5, 5.41) is 0.668. The number of ether oxygens (including phenoxy) is 1. The Morgan fingerprint density at radius 2 is 1.93 bits per heavy atom. The molecule has 0 fully saturated rings. The smallest absolute Gasteiger partial charge is 0.315 e. The number of esters is 1. The standard InChI is InChI=1S/C24H23ClN2O3/c1-3-30-24(29)21-14(2)27-19-11-17(15-6-8-18(25)9-7-15)12-20(28)23(19)22(21)16-5-4-10-26-13-16/h4-10,13,17,21-22H,3,11-12H2,1-2H3/t17-,21?,22+/m0/s1. The minimum atomic E-state index is -0.621. The molecule has 3 atom stereocenters. The summed E-state index contributed by atoms with van der Waals surface area (Å²) >= 11 is 6.02. The Morgan fingerprint density at radius 3 is 2.60 bits per heavy atom. The van der Waals surface area contributed by atoms with Crippen LogP contribution < -0.4 is 0 Å². The second kappa shape index (κ2) is 8.52. The molecular formula is C24H23ClN2O3. The largest absolute Gasteiger partial charge is 0.465 e. The zero-order valence-electron chi connectivity index (χ0n) is 17.0. The van der Waals surface area contributed by atoms with Crippen LogP contribution in [0.3, 0.4) is 0 Å². The summed E-state index contributed by atoms with van der Waals surface area (Å²) in [7, 11) is 0. The number of aromatic nitrogens is 1. The van der Waals surface area contributed by atoms with E-state index in [0.29, 0.717) is 29.1 Å². The number of carbonyl (C=O) groups excluding carboxylic acids is 2. The van der Waals surface area contributed by atoms with Crippen LogP contribution in [0, 0.1) is 5.92 Å². The number of carbonyl (C=O) groups is 2. The van der Waals surface area contributed by atoms with Crippen molar-refractivity contribution in [2.45, 2.75) is 38.5 Å². The van der Waals surface area contributed by atoms with Crippen LogP contribution in [0.4, 0.5) is 0 Å². The fraction of sp³-hybridized carbons (Fsp3) is 0.333. The van der Waals surface area contributed by atoms with Gasteiger partial charge in [0.25, 0.3) is 0 Å². The first kappa shape index (κ1) is 20.5. The maximum atomic E-state index is 13.4. The molecule has 5 nitrogen and oxygen atoms in total. The zero-order valence-corrected chi connectivity index (χ0v) is 17.7. The lowest BCUT2D eigenvalue weighted by Crippen LogP contribution is -2.38. The molecule has 1 aromatic carbocycles. The van der Waals surface area contributed by atoms with Crippen molar-refractivity contribution in [3.63, 3.8) is 0 Å². The lowest BCUT2D eigenvalue weighted by atomic mass is 9.69. The first-order chi connectivity index (χ1) is 14.5. The van der Waals surface area contributed by atoms with Gasteiger partial charge < -0.3 is 4.74 Å². The summed E-state index contributed by atoms with van der Waals surface area (Å²) < 4.78 is 5.33. The molecule has 0 saturated carbocycles. The number of ketones is 1. The number of hydrogen-bond acceptors (Lipinski definition) is 5. The molecule has 0 saturated heterocycles. The Morgan fingerprint density at radius 1 is 1.17 bits per heavy atom. The van der Waals surface area contributed by atoms with Crippen molar-refractivity contribution in [3.05, 3.63) is 76.2 Å². The SMILES string of the molecule is CCOC(=O)C1C(C)=NC2=C(C(=O)C[C@@H](c3ccc(Cl)cc3)C2)[C@@H]1c1cccnc1. The van der Waals surface area contributed by atoms with Gasteiger partial charge in [0.1, 0.15) is 5.92 Å². The number of rotatable bonds is 4.